The van der Waals surface area contributed by atoms with E-state index in [-0.39, 0.29) is 12.0 Å². The molecule has 1 saturated heterocycles. The van der Waals surface area contributed by atoms with Crippen LogP contribution in [0.5, 0.6) is 0 Å². The largest absolute Gasteiger partial charge is 0.376 e. The predicted molar refractivity (Wildman–Crippen MR) is 50.9 cm³/mol. The van der Waals surface area contributed by atoms with Crippen molar-refractivity contribution in [1.29, 1.82) is 0 Å². The first kappa shape index (κ1) is 9.93. The van der Waals surface area contributed by atoms with Gasteiger partial charge in [-0.05, 0) is 18.8 Å². The third-order valence-electron chi connectivity index (χ3n) is 2.90. The molecule has 1 aliphatic heterocycles. The van der Waals surface area contributed by atoms with Crippen molar-refractivity contribution in [2.24, 2.45) is 5.92 Å². The van der Waals surface area contributed by atoms with Gasteiger partial charge in [0.15, 0.2) is 6.10 Å². The van der Waals surface area contributed by atoms with Crippen LogP contribution in [0.25, 0.3) is 0 Å². The monoisotopic (exact) mass is 199 g/mol. The smallest absolute Gasteiger partial charge is 0.251 e. The number of carbonyl (C=O) groups excluding carboxylic acids is 1. The molecule has 0 spiro atoms. The van der Waals surface area contributed by atoms with Gasteiger partial charge in [0.2, 0.25) is 0 Å². The molecule has 4 heteroatoms. The summed E-state index contributed by atoms with van der Waals surface area (Å²) in [5.41, 5.74) is 0. The lowest BCUT2D eigenvalue weighted by Crippen LogP contribution is -2.44. The maximum Gasteiger partial charge on any atom is 0.251 e. The Balaban J connectivity index is 1.65. The fourth-order valence-corrected chi connectivity index (χ4v) is 1.69. The third-order valence-corrected chi connectivity index (χ3v) is 2.90. The molecule has 1 saturated carbocycles. The van der Waals surface area contributed by atoms with Crippen LogP contribution < -0.4 is 5.32 Å². The first-order valence-corrected chi connectivity index (χ1v) is 5.33. The minimum Gasteiger partial charge on any atom is -0.376 e. The molecule has 14 heavy (non-hydrogen) atoms. The maximum absolute atomic E-state index is 11.5. The summed E-state index contributed by atoms with van der Waals surface area (Å²) in [6.45, 7) is 2.34. The van der Waals surface area contributed by atoms with Gasteiger partial charge in [-0.1, -0.05) is 6.42 Å². The van der Waals surface area contributed by atoms with Gasteiger partial charge in [-0.25, -0.2) is 0 Å². The van der Waals surface area contributed by atoms with Crippen LogP contribution in [0.15, 0.2) is 0 Å². The SMILES string of the molecule is O=C(NCC1CCC1)C1COCCO1. The number of ether oxygens (including phenoxy) is 2. The van der Waals surface area contributed by atoms with E-state index in [2.05, 4.69) is 5.32 Å². The minimum absolute atomic E-state index is 0.0170. The molecule has 1 atom stereocenters. The van der Waals surface area contributed by atoms with Crippen molar-refractivity contribution in [3.05, 3.63) is 0 Å². The van der Waals surface area contributed by atoms with E-state index in [1.165, 1.54) is 19.3 Å². The highest BCUT2D eigenvalue weighted by Gasteiger charge is 2.24. The van der Waals surface area contributed by atoms with Crippen LogP contribution in [0.1, 0.15) is 19.3 Å². The molecular weight excluding hydrogens is 182 g/mol. The van der Waals surface area contributed by atoms with Crippen LogP contribution >= 0.6 is 0 Å². The molecule has 1 aliphatic carbocycles. The van der Waals surface area contributed by atoms with Gasteiger partial charge in [-0.3, -0.25) is 4.79 Å². The van der Waals surface area contributed by atoms with Crippen molar-refractivity contribution >= 4 is 5.91 Å². The summed E-state index contributed by atoms with van der Waals surface area (Å²) < 4.78 is 10.5. The van der Waals surface area contributed by atoms with E-state index < -0.39 is 0 Å². The molecule has 4 nitrogen and oxygen atoms in total. The first-order chi connectivity index (χ1) is 6.86. The molecule has 1 N–H and O–H groups in total. The Morgan fingerprint density at radius 1 is 1.36 bits per heavy atom. The number of rotatable bonds is 3. The Hall–Kier alpha value is -0.610. The molecule has 1 amide bonds. The zero-order valence-corrected chi connectivity index (χ0v) is 8.33. The van der Waals surface area contributed by atoms with Crippen LogP contribution in [0.2, 0.25) is 0 Å². The van der Waals surface area contributed by atoms with E-state index in [4.69, 9.17) is 9.47 Å². The second-order valence-electron chi connectivity index (χ2n) is 3.98. The molecule has 80 valence electrons. The van der Waals surface area contributed by atoms with Crippen molar-refractivity contribution in [2.45, 2.75) is 25.4 Å². The van der Waals surface area contributed by atoms with E-state index in [0.717, 1.165) is 6.54 Å². The van der Waals surface area contributed by atoms with E-state index in [9.17, 15) is 4.79 Å². The zero-order valence-electron chi connectivity index (χ0n) is 8.33. The molecule has 0 aromatic carbocycles. The molecule has 1 heterocycles. The van der Waals surface area contributed by atoms with E-state index >= 15 is 0 Å². The fourth-order valence-electron chi connectivity index (χ4n) is 1.69. The molecular formula is C10H17NO3. The van der Waals surface area contributed by atoms with Gasteiger partial charge in [-0.2, -0.15) is 0 Å². The predicted octanol–water partition coefficient (Wildman–Crippen LogP) is 0.318. The van der Waals surface area contributed by atoms with Crippen LogP contribution in [0.3, 0.4) is 0 Å². The molecule has 2 rings (SSSR count). The van der Waals surface area contributed by atoms with Gasteiger partial charge in [0.25, 0.3) is 5.91 Å². The zero-order chi connectivity index (χ0) is 9.80. The van der Waals surface area contributed by atoms with Crippen molar-refractivity contribution in [2.75, 3.05) is 26.4 Å². The highest BCUT2D eigenvalue weighted by Crippen LogP contribution is 2.25. The molecule has 2 aliphatic rings. The van der Waals surface area contributed by atoms with Gasteiger partial charge in [0.1, 0.15) is 0 Å². The van der Waals surface area contributed by atoms with Gasteiger partial charge in [0.05, 0.1) is 19.8 Å². The van der Waals surface area contributed by atoms with Crippen molar-refractivity contribution in [1.82, 2.24) is 5.32 Å². The Bertz CT molecular complexity index is 198. The van der Waals surface area contributed by atoms with Crippen molar-refractivity contribution in [3.8, 4) is 0 Å². The van der Waals surface area contributed by atoms with Crippen molar-refractivity contribution < 1.29 is 14.3 Å². The Kier molecular flexibility index (Phi) is 3.37. The average molecular weight is 199 g/mol. The first-order valence-electron chi connectivity index (χ1n) is 5.33. The standard InChI is InChI=1S/C10H17NO3/c12-10(9-7-13-4-5-14-9)11-6-8-2-1-3-8/h8-9H,1-7H2,(H,11,12). The second kappa shape index (κ2) is 4.75. The van der Waals surface area contributed by atoms with Gasteiger partial charge >= 0.3 is 0 Å². The molecule has 0 aromatic heterocycles. The molecule has 0 aromatic rings. The van der Waals surface area contributed by atoms with E-state index in [1.54, 1.807) is 0 Å². The minimum atomic E-state index is -0.385. The number of hydrogen-bond donors (Lipinski definition) is 1. The van der Waals surface area contributed by atoms with E-state index in [1.807, 2.05) is 0 Å². The van der Waals surface area contributed by atoms with E-state index in [0.29, 0.717) is 25.7 Å². The summed E-state index contributed by atoms with van der Waals surface area (Å²) >= 11 is 0. The lowest BCUT2D eigenvalue weighted by atomic mass is 9.85. The summed E-state index contributed by atoms with van der Waals surface area (Å²) in [5, 5.41) is 2.91. The van der Waals surface area contributed by atoms with Gasteiger partial charge in [0, 0.05) is 6.54 Å². The van der Waals surface area contributed by atoms with Crippen LogP contribution in [-0.4, -0.2) is 38.4 Å². The average Bonchev–Trinajstić information content (AvgIpc) is 2.16. The lowest BCUT2D eigenvalue weighted by Gasteiger charge is -2.27. The van der Waals surface area contributed by atoms with Crippen LogP contribution in [-0.2, 0) is 14.3 Å². The van der Waals surface area contributed by atoms with Crippen LogP contribution in [0.4, 0.5) is 0 Å². The molecule has 0 radical (unpaired) electrons. The summed E-state index contributed by atoms with van der Waals surface area (Å²) in [5.74, 6) is 0.681. The highest BCUT2D eigenvalue weighted by molar-refractivity contribution is 5.80. The topological polar surface area (TPSA) is 47.6 Å². The quantitative estimate of drug-likeness (QED) is 0.712. The molecule has 2 fully saturated rings. The Labute approximate surface area is 84.0 Å². The number of hydrogen-bond acceptors (Lipinski definition) is 3. The summed E-state index contributed by atoms with van der Waals surface area (Å²) in [6, 6.07) is 0. The Morgan fingerprint density at radius 2 is 2.21 bits per heavy atom. The summed E-state index contributed by atoms with van der Waals surface area (Å²) in [4.78, 5) is 11.5. The normalized spacial score (nSPS) is 28.1. The second-order valence-corrected chi connectivity index (χ2v) is 3.98. The number of nitrogens with one attached hydrogen (secondary N) is 1. The molecule has 1 unspecified atom stereocenters. The summed E-state index contributed by atoms with van der Waals surface area (Å²) in [6.07, 6.45) is 3.43. The highest BCUT2D eigenvalue weighted by atomic mass is 16.6. The third kappa shape index (κ3) is 2.45. The number of amides is 1. The van der Waals surface area contributed by atoms with Gasteiger partial charge < -0.3 is 14.8 Å². The van der Waals surface area contributed by atoms with Crippen molar-refractivity contribution in [3.63, 3.8) is 0 Å². The molecule has 0 bridgehead atoms. The Morgan fingerprint density at radius 3 is 2.79 bits per heavy atom. The lowest BCUT2D eigenvalue weighted by molar-refractivity contribution is -0.147. The summed E-state index contributed by atoms with van der Waals surface area (Å²) in [7, 11) is 0. The van der Waals surface area contributed by atoms with Crippen LogP contribution in [0, 0.1) is 5.92 Å². The number of carbonyl (C=O) groups is 1. The fraction of sp³-hybridized carbons (Fsp3) is 0.900. The van der Waals surface area contributed by atoms with Gasteiger partial charge in [-0.15, -0.1) is 0 Å². The maximum atomic E-state index is 11.5.